The number of rotatable bonds is 5. The topological polar surface area (TPSA) is 58.2 Å². The molecule has 134 valence electrons. The van der Waals surface area contributed by atoms with Gasteiger partial charge in [-0.15, -0.1) is 0 Å². The molecule has 0 aliphatic carbocycles. The molecule has 5 heteroatoms. The number of nitrogens with zero attached hydrogens (tertiary/aromatic N) is 1. The van der Waals surface area contributed by atoms with Gasteiger partial charge in [0.1, 0.15) is 17.1 Å². The molecule has 1 aromatic heterocycles. The highest BCUT2D eigenvalue weighted by Gasteiger charge is 2.19. The number of benzene rings is 2. The number of halogens is 1. The van der Waals surface area contributed by atoms with Crippen molar-refractivity contribution in [3.8, 4) is 23.3 Å². The highest BCUT2D eigenvalue weighted by molar-refractivity contribution is 6.33. The molecule has 3 rings (SSSR count). The summed E-state index contributed by atoms with van der Waals surface area (Å²) in [5, 5.41) is 13.2. The van der Waals surface area contributed by atoms with Gasteiger partial charge in [0.2, 0.25) is 0 Å². The summed E-state index contributed by atoms with van der Waals surface area (Å²) in [6.07, 6.45) is 1.94. The van der Waals surface area contributed by atoms with Crippen molar-refractivity contribution in [1.29, 1.82) is 5.26 Å². The maximum atomic E-state index is 8.89. The maximum Gasteiger partial charge on any atom is 0.176 e. The molecule has 0 fully saturated rings. The normalized spacial score (nSPS) is 11.0. The first-order valence-electron chi connectivity index (χ1n) is 8.48. The maximum absolute atomic E-state index is 8.89. The first-order valence-corrected chi connectivity index (χ1v) is 8.85. The van der Waals surface area contributed by atoms with Gasteiger partial charge >= 0.3 is 0 Å². The lowest BCUT2D eigenvalue weighted by atomic mass is 9.96. The summed E-state index contributed by atoms with van der Waals surface area (Å²) >= 11 is 6.49. The van der Waals surface area contributed by atoms with Gasteiger partial charge in [-0.05, 0) is 54.3 Å². The van der Waals surface area contributed by atoms with Gasteiger partial charge in [-0.3, -0.25) is 0 Å². The summed E-state index contributed by atoms with van der Waals surface area (Å²) in [4.78, 5) is 0. The van der Waals surface area contributed by atoms with Crippen LogP contribution in [0.15, 0.2) is 34.7 Å². The second-order valence-corrected chi connectivity index (χ2v) is 6.99. The molecule has 0 atom stereocenters. The largest absolute Gasteiger partial charge is 0.496 e. The monoisotopic (exact) mass is 368 g/mol. The van der Waals surface area contributed by atoms with Crippen molar-refractivity contribution in [3.05, 3.63) is 52.0 Å². The SMILES string of the molecule is COc1ccc(Cl)c(-c2cc3cc(C(C)C)c(C)cc3o2)c1CNC#N. The minimum Gasteiger partial charge on any atom is -0.496 e. The van der Waals surface area contributed by atoms with E-state index in [-0.39, 0.29) is 0 Å². The van der Waals surface area contributed by atoms with Crippen LogP contribution in [0, 0.1) is 18.4 Å². The average molecular weight is 369 g/mol. The third-order valence-electron chi connectivity index (χ3n) is 4.56. The van der Waals surface area contributed by atoms with Gasteiger partial charge in [0, 0.05) is 16.5 Å². The average Bonchev–Trinajstić information content (AvgIpc) is 3.01. The molecule has 1 N–H and O–H groups in total. The van der Waals surface area contributed by atoms with E-state index in [1.165, 1.54) is 11.1 Å². The molecule has 1 heterocycles. The quantitative estimate of drug-likeness (QED) is 0.459. The number of fused-ring (bicyclic) bond motifs is 1. The second-order valence-electron chi connectivity index (χ2n) is 6.58. The van der Waals surface area contributed by atoms with Crippen LogP contribution >= 0.6 is 11.6 Å². The Morgan fingerprint density at radius 2 is 2.04 bits per heavy atom. The van der Waals surface area contributed by atoms with Crippen LogP contribution in [0.2, 0.25) is 5.02 Å². The molecule has 0 amide bonds. The fourth-order valence-corrected chi connectivity index (χ4v) is 3.58. The Labute approximate surface area is 158 Å². The van der Waals surface area contributed by atoms with Gasteiger partial charge in [0.25, 0.3) is 0 Å². The summed E-state index contributed by atoms with van der Waals surface area (Å²) in [6, 6.07) is 9.81. The molecular formula is C21H21ClN2O2. The van der Waals surface area contributed by atoms with Crippen LogP contribution in [0.3, 0.4) is 0 Å². The summed E-state index contributed by atoms with van der Waals surface area (Å²) in [5.41, 5.74) is 4.86. The predicted octanol–water partition coefficient (Wildman–Crippen LogP) is 5.76. The van der Waals surface area contributed by atoms with Crippen molar-refractivity contribution in [2.75, 3.05) is 7.11 Å². The van der Waals surface area contributed by atoms with E-state index in [2.05, 4.69) is 38.2 Å². The molecule has 0 saturated carbocycles. The van der Waals surface area contributed by atoms with Crippen molar-refractivity contribution >= 4 is 22.6 Å². The summed E-state index contributed by atoms with van der Waals surface area (Å²) in [7, 11) is 1.60. The Bertz CT molecular complexity index is 999. The zero-order chi connectivity index (χ0) is 18.8. The number of nitrogens with one attached hydrogen (secondary N) is 1. The van der Waals surface area contributed by atoms with E-state index in [1.807, 2.05) is 12.3 Å². The van der Waals surface area contributed by atoms with E-state index in [1.54, 1.807) is 19.2 Å². The molecule has 26 heavy (non-hydrogen) atoms. The van der Waals surface area contributed by atoms with Gasteiger partial charge in [-0.2, -0.15) is 5.26 Å². The molecular weight excluding hydrogens is 348 g/mol. The highest BCUT2D eigenvalue weighted by atomic mass is 35.5. The van der Waals surface area contributed by atoms with E-state index >= 15 is 0 Å². The molecule has 0 unspecified atom stereocenters. The molecule has 0 saturated heterocycles. The molecule has 4 nitrogen and oxygen atoms in total. The number of furan rings is 1. The number of hydrogen-bond donors (Lipinski definition) is 1. The lowest BCUT2D eigenvalue weighted by Gasteiger charge is -2.13. The second kappa shape index (κ2) is 7.31. The van der Waals surface area contributed by atoms with Crippen LogP contribution in [-0.4, -0.2) is 7.11 Å². The number of nitriles is 1. The van der Waals surface area contributed by atoms with Crippen molar-refractivity contribution in [2.45, 2.75) is 33.2 Å². The zero-order valence-corrected chi connectivity index (χ0v) is 16.1. The number of hydrogen-bond acceptors (Lipinski definition) is 4. The Kier molecular flexibility index (Phi) is 5.11. The van der Waals surface area contributed by atoms with Gasteiger partial charge in [-0.1, -0.05) is 25.4 Å². The Balaban J connectivity index is 2.21. The standard InChI is InChI=1S/C21H21ClN2O2/c1-12(2)15-8-14-9-20(26-19(14)7-13(15)3)21-16(10-24-11-23)18(25-4)6-5-17(21)22/h5-9,12,24H,10H2,1-4H3. The lowest BCUT2D eigenvalue weighted by molar-refractivity contribution is 0.409. The molecule has 0 aliphatic heterocycles. The Morgan fingerprint density at radius 3 is 2.69 bits per heavy atom. The van der Waals surface area contributed by atoms with Crippen LogP contribution in [-0.2, 0) is 6.54 Å². The zero-order valence-electron chi connectivity index (χ0n) is 15.3. The predicted molar refractivity (Wildman–Crippen MR) is 104 cm³/mol. The Morgan fingerprint density at radius 1 is 1.27 bits per heavy atom. The fourth-order valence-electron chi connectivity index (χ4n) is 3.31. The van der Waals surface area contributed by atoms with E-state index in [0.717, 1.165) is 22.1 Å². The molecule has 0 aliphatic rings. The van der Waals surface area contributed by atoms with E-state index in [9.17, 15) is 0 Å². The van der Waals surface area contributed by atoms with E-state index in [0.29, 0.717) is 29.0 Å². The van der Waals surface area contributed by atoms with Crippen molar-refractivity contribution in [3.63, 3.8) is 0 Å². The smallest absolute Gasteiger partial charge is 0.176 e. The third-order valence-corrected chi connectivity index (χ3v) is 4.87. The van der Waals surface area contributed by atoms with Crippen molar-refractivity contribution in [1.82, 2.24) is 5.32 Å². The van der Waals surface area contributed by atoms with E-state index < -0.39 is 0 Å². The van der Waals surface area contributed by atoms with Crippen LogP contribution in [0.5, 0.6) is 5.75 Å². The first kappa shape index (κ1) is 18.2. The van der Waals surface area contributed by atoms with Gasteiger partial charge < -0.3 is 14.5 Å². The van der Waals surface area contributed by atoms with Crippen LogP contribution in [0.1, 0.15) is 36.5 Å². The van der Waals surface area contributed by atoms with Gasteiger partial charge in [0.15, 0.2) is 6.19 Å². The lowest BCUT2D eigenvalue weighted by Crippen LogP contribution is -2.08. The number of methoxy groups -OCH3 is 1. The van der Waals surface area contributed by atoms with Gasteiger partial charge in [0.05, 0.1) is 18.7 Å². The van der Waals surface area contributed by atoms with Crippen LogP contribution in [0.4, 0.5) is 0 Å². The molecule has 0 spiro atoms. The van der Waals surface area contributed by atoms with Crippen molar-refractivity contribution < 1.29 is 9.15 Å². The summed E-state index contributed by atoms with van der Waals surface area (Å²) < 4.78 is 11.6. The Hall–Kier alpha value is -2.64. The van der Waals surface area contributed by atoms with Crippen LogP contribution in [0.25, 0.3) is 22.3 Å². The van der Waals surface area contributed by atoms with Crippen LogP contribution < -0.4 is 10.1 Å². The van der Waals surface area contributed by atoms with E-state index in [4.69, 9.17) is 26.0 Å². The molecule has 3 aromatic rings. The number of ether oxygens (including phenoxy) is 1. The number of aryl methyl sites for hydroxylation is 1. The molecule has 2 aromatic carbocycles. The van der Waals surface area contributed by atoms with Gasteiger partial charge in [-0.25, -0.2) is 0 Å². The third kappa shape index (κ3) is 3.23. The molecule has 0 radical (unpaired) electrons. The summed E-state index contributed by atoms with van der Waals surface area (Å²) in [5.74, 6) is 1.76. The first-order chi connectivity index (χ1) is 12.5. The fraction of sp³-hybridized carbons (Fsp3) is 0.286. The summed E-state index contributed by atoms with van der Waals surface area (Å²) in [6.45, 7) is 6.76. The minimum absolute atomic E-state index is 0.308. The highest BCUT2D eigenvalue weighted by Crippen LogP contribution is 2.40. The van der Waals surface area contributed by atoms with Crippen molar-refractivity contribution in [2.24, 2.45) is 0 Å². The minimum atomic E-state index is 0.308. The molecule has 0 bridgehead atoms.